The topological polar surface area (TPSA) is 67.9 Å². The molecule has 3 rings (SSSR count). The normalized spacial score (nSPS) is 18.7. The van der Waals surface area contributed by atoms with Crippen LogP contribution in [0.25, 0.3) is 0 Å². The molecule has 0 aliphatic carbocycles. The third-order valence-electron chi connectivity index (χ3n) is 5.24. The van der Waals surface area contributed by atoms with E-state index in [-0.39, 0.29) is 12.7 Å². The average Bonchev–Trinajstić information content (AvgIpc) is 2.79. The third kappa shape index (κ3) is 5.43. The molecule has 1 aliphatic heterocycles. The number of nitrogens with zero attached hydrogens (tertiary/aromatic N) is 1. The van der Waals surface area contributed by atoms with E-state index in [1.807, 2.05) is 60.7 Å². The zero-order valence-electron chi connectivity index (χ0n) is 16.7. The van der Waals surface area contributed by atoms with Crippen molar-refractivity contribution in [1.29, 1.82) is 0 Å². The molecule has 0 spiro atoms. The molecule has 1 saturated heterocycles. The number of carbonyl (C=O) groups is 2. The second-order valence-electron chi connectivity index (χ2n) is 7.16. The Hall–Kier alpha value is -2.70. The molecule has 1 N–H and O–H groups in total. The van der Waals surface area contributed by atoms with Crippen molar-refractivity contribution in [2.24, 2.45) is 0 Å². The molecular formula is C23H28N2O4. The number of nitrogens with one attached hydrogen (secondary N) is 1. The van der Waals surface area contributed by atoms with Gasteiger partial charge in [-0.1, -0.05) is 60.7 Å². The quantitative estimate of drug-likeness (QED) is 0.522. The molecule has 6 nitrogen and oxygen atoms in total. The lowest BCUT2D eigenvalue weighted by atomic mass is 9.94. The first kappa shape index (κ1) is 21.0. The largest absolute Gasteiger partial charge is 0.359 e. The third-order valence-corrected chi connectivity index (χ3v) is 5.24. The zero-order chi connectivity index (χ0) is 20.5. The van der Waals surface area contributed by atoms with Crippen LogP contribution in [-0.4, -0.2) is 43.7 Å². The van der Waals surface area contributed by atoms with E-state index in [1.54, 1.807) is 12.0 Å². The van der Waals surface area contributed by atoms with Gasteiger partial charge >= 0.3 is 0 Å². The Morgan fingerprint density at radius 1 is 1.10 bits per heavy atom. The van der Waals surface area contributed by atoms with Gasteiger partial charge in [-0.05, 0) is 30.4 Å². The van der Waals surface area contributed by atoms with Crippen LogP contribution in [0.4, 0.5) is 0 Å². The van der Waals surface area contributed by atoms with Gasteiger partial charge in [-0.15, -0.1) is 0 Å². The number of likely N-dealkylation sites (tertiary alicyclic amines) is 1. The minimum Gasteiger partial charge on any atom is -0.359 e. The Balaban J connectivity index is 1.90. The number of rotatable bonds is 9. The number of amides is 2. The zero-order valence-corrected chi connectivity index (χ0v) is 16.7. The molecule has 2 aromatic rings. The number of benzene rings is 2. The van der Waals surface area contributed by atoms with Crippen molar-refractivity contribution in [2.75, 3.05) is 20.4 Å². The molecule has 3 atom stereocenters. The Bertz CT molecular complexity index is 769. The molecular weight excluding hydrogens is 368 g/mol. The average molecular weight is 396 g/mol. The molecule has 0 saturated carbocycles. The summed E-state index contributed by atoms with van der Waals surface area (Å²) in [5, 5.41) is 3.15. The smallest absolute Gasteiger partial charge is 0.243 e. The van der Waals surface area contributed by atoms with E-state index >= 15 is 0 Å². The van der Waals surface area contributed by atoms with E-state index in [4.69, 9.17) is 9.47 Å². The van der Waals surface area contributed by atoms with Gasteiger partial charge in [0.05, 0.1) is 6.04 Å². The van der Waals surface area contributed by atoms with E-state index < -0.39 is 18.2 Å². The molecule has 29 heavy (non-hydrogen) atoms. The van der Waals surface area contributed by atoms with E-state index in [2.05, 4.69) is 5.32 Å². The van der Waals surface area contributed by atoms with Crippen molar-refractivity contribution in [2.45, 2.75) is 37.5 Å². The van der Waals surface area contributed by atoms with Gasteiger partial charge in [0.15, 0.2) is 0 Å². The number of hydrogen-bond acceptors (Lipinski definition) is 4. The highest BCUT2D eigenvalue weighted by atomic mass is 16.7. The van der Waals surface area contributed by atoms with Crippen molar-refractivity contribution in [3.8, 4) is 0 Å². The Morgan fingerprint density at radius 3 is 2.38 bits per heavy atom. The van der Waals surface area contributed by atoms with Crippen molar-refractivity contribution in [3.05, 3.63) is 71.8 Å². The Kier molecular flexibility index (Phi) is 7.78. The predicted molar refractivity (Wildman–Crippen MR) is 110 cm³/mol. The second-order valence-corrected chi connectivity index (χ2v) is 7.16. The van der Waals surface area contributed by atoms with E-state index in [1.165, 1.54) is 0 Å². The highest BCUT2D eigenvalue weighted by Crippen LogP contribution is 2.33. The summed E-state index contributed by atoms with van der Waals surface area (Å²) in [5.74, 6) is -0.160. The predicted octanol–water partition coefficient (Wildman–Crippen LogP) is 3.22. The number of hydrogen-bond donors (Lipinski definition) is 1. The van der Waals surface area contributed by atoms with Crippen molar-refractivity contribution < 1.29 is 19.1 Å². The first-order valence-electron chi connectivity index (χ1n) is 9.96. The fourth-order valence-electron chi connectivity index (χ4n) is 3.77. The van der Waals surface area contributed by atoms with Crippen LogP contribution in [0.2, 0.25) is 0 Å². The van der Waals surface area contributed by atoms with Crippen molar-refractivity contribution >= 4 is 12.3 Å². The van der Waals surface area contributed by atoms with Crippen LogP contribution < -0.4 is 5.32 Å². The van der Waals surface area contributed by atoms with Crippen LogP contribution >= 0.6 is 0 Å². The van der Waals surface area contributed by atoms with Crippen LogP contribution in [0.1, 0.15) is 42.5 Å². The molecule has 2 amide bonds. The van der Waals surface area contributed by atoms with E-state index in [0.717, 1.165) is 30.4 Å². The molecule has 154 valence electrons. The maximum atomic E-state index is 13.2. The SMILES string of the molecule is COCO[C@H](c1ccccc1)[C@@H](NC(=O)[C@@H]1CCCCN1C=O)c1ccccc1. The van der Waals surface area contributed by atoms with Gasteiger partial charge in [-0.3, -0.25) is 9.59 Å². The van der Waals surface area contributed by atoms with Crippen LogP contribution in [0, 0.1) is 0 Å². The second kappa shape index (κ2) is 10.7. The van der Waals surface area contributed by atoms with Gasteiger partial charge in [0.25, 0.3) is 0 Å². The summed E-state index contributed by atoms with van der Waals surface area (Å²) in [6.45, 7) is 0.711. The van der Waals surface area contributed by atoms with Crippen LogP contribution in [0.3, 0.4) is 0 Å². The highest BCUT2D eigenvalue weighted by Gasteiger charge is 2.33. The summed E-state index contributed by atoms with van der Waals surface area (Å²) in [5.41, 5.74) is 1.87. The molecule has 1 heterocycles. The van der Waals surface area contributed by atoms with Crippen molar-refractivity contribution in [1.82, 2.24) is 10.2 Å². The summed E-state index contributed by atoms with van der Waals surface area (Å²) >= 11 is 0. The first-order chi connectivity index (χ1) is 14.2. The van der Waals surface area contributed by atoms with E-state index in [0.29, 0.717) is 13.0 Å². The summed E-state index contributed by atoms with van der Waals surface area (Å²) < 4.78 is 11.2. The molecule has 6 heteroatoms. The van der Waals surface area contributed by atoms with Gasteiger partial charge in [0.1, 0.15) is 18.9 Å². The summed E-state index contributed by atoms with van der Waals surface area (Å²) in [7, 11) is 1.57. The molecule has 2 aromatic carbocycles. The van der Waals surface area contributed by atoms with Gasteiger partial charge in [0, 0.05) is 13.7 Å². The van der Waals surface area contributed by atoms with Crippen LogP contribution in [0.15, 0.2) is 60.7 Å². The first-order valence-corrected chi connectivity index (χ1v) is 9.96. The summed E-state index contributed by atoms with van der Waals surface area (Å²) in [4.78, 5) is 26.2. The van der Waals surface area contributed by atoms with Crippen LogP contribution in [-0.2, 0) is 19.1 Å². The minimum absolute atomic E-state index is 0.0999. The van der Waals surface area contributed by atoms with Crippen LogP contribution in [0.5, 0.6) is 0 Å². The van der Waals surface area contributed by atoms with Gasteiger partial charge in [-0.25, -0.2) is 0 Å². The number of carbonyl (C=O) groups excluding carboxylic acids is 2. The summed E-state index contributed by atoms with van der Waals surface area (Å²) in [6, 6.07) is 18.6. The molecule has 0 aromatic heterocycles. The number of piperidine rings is 1. The highest BCUT2D eigenvalue weighted by molar-refractivity contribution is 5.84. The Labute approximate surface area is 171 Å². The minimum atomic E-state index is -0.452. The van der Waals surface area contributed by atoms with Gasteiger partial charge in [0.2, 0.25) is 12.3 Å². The lowest BCUT2D eigenvalue weighted by Crippen LogP contribution is -2.50. The fraction of sp³-hybridized carbons (Fsp3) is 0.391. The lowest BCUT2D eigenvalue weighted by molar-refractivity contribution is -0.137. The number of ether oxygens (including phenoxy) is 2. The fourth-order valence-corrected chi connectivity index (χ4v) is 3.77. The summed E-state index contributed by atoms with van der Waals surface area (Å²) in [6.07, 6.45) is 2.86. The molecule has 0 bridgehead atoms. The molecule has 0 radical (unpaired) electrons. The Morgan fingerprint density at radius 2 is 1.76 bits per heavy atom. The van der Waals surface area contributed by atoms with Gasteiger partial charge in [-0.2, -0.15) is 0 Å². The maximum absolute atomic E-state index is 13.2. The van der Waals surface area contributed by atoms with Gasteiger partial charge < -0.3 is 19.7 Å². The molecule has 0 unspecified atom stereocenters. The maximum Gasteiger partial charge on any atom is 0.243 e. The van der Waals surface area contributed by atoms with Crippen molar-refractivity contribution in [3.63, 3.8) is 0 Å². The van der Waals surface area contributed by atoms with E-state index in [9.17, 15) is 9.59 Å². The lowest BCUT2D eigenvalue weighted by Gasteiger charge is -2.35. The monoisotopic (exact) mass is 396 g/mol. The number of methoxy groups -OCH3 is 1. The molecule has 1 fully saturated rings. The standard InChI is InChI=1S/C23H28N2O4/c1-28-17-29-22(19-12-6-3-7-13-19)21(18-10-4-2-5-11-18)24-23(27)20-14-8-9-15-25(20)16-26/h2-7,10-13,16,20-22H,8-9,14-15,17H2,1H3,(H,24,27)/t20-,21-,22+/m0/s1. The molecule has 1 aliphatic rings.